The van der Waals surface area contributed by atoms with Crippen molar-refractivity contribution in [2.45, 2.75) is 39.7 Å². The van der Waals surface area contributed by atoms with Gasteiger partial charge in [0.15, 0.2) is 0 Å². The highest BCUT2D eigenvalue weighted by Gasteiger charge is 2.12. The minimum absolute atomic E-state index is 0.0682. The number of benzene rings is 1. The summed E-state index contributed by atoms with van der Waals surface area (Å²) in [5.74, 6) is 0.274. The normalized spacial score (nSPS) is 13.3. The van der Waals surface area contributed by atoms with Gasteiger partial charge in [0.05, 0.1) is 6.20 Å². The summed E-state index contributed by atoms with van der Waals surface area (Å²) in [5, 5.41) is 9.11. The van der Waals surface area contributed by atoms with E-state index in [9.17, 15) is 9.18 Å². The van der Waals surface area contributed by atoms with Crippen molar-refractivity contribution in [3.63, 3.8) is 0 Å². The zero-order valence-electron chi connectivity index (χ0n) is 17.0. The topological polar surface area (TPSA) is 68.8 Å². The second-order valence-corrected chi connectivity index (χ2v) is 6.37. The molecule has 0 aromatic heterocycles. The van der Waals surface area contributed by atoms with Crippen molar-refractivity contribution in [3.8, 4) is 0 Å². The van der Waals surface area contributed by atoms with E-state index in [-0.39, 0.29) is 17.8 Å². The number of amides is 1. The van der Waals surface area contributed by atoms with Crippen LogP contribution in [-0.2, 0) is 4.79 Å². The van der Waals surface area contributed by atoms with Crippen molar-refractivity contribution in [2.24, 2.45) is 4.99 Å². The Labute approximate surface area is 161 Å². The van der Waals surface area contributed by atoms with Gasteiger partial charge in [-0.15, -0.1) is 0 Å². The summed E-state index contributed by atoms with van der Waals surface area (Å²) in [6.07, 6.45) is 3.39. The molecule has 0 spiro atoms. The van der Waals surface area contributed by atoms with E-state index < -0.39 is 0 Å². The average Bonchev–Trinajstić information content (AvgIpc) is 2.66. The smallest absolute Gasteiger partial charge is 0.265 e. The second-order valence-electron chi connectivity index (χ2n) is 6.37. The number of hydrogen-bond acceptors (Lipinski definition) is 5. The highest BCUT2D eigenvalue weighted by Crippen LogP contribution is 2.19. The third kappa shape index (κ3) is 7.78. The number of aliphatic imine (C=N–C) groups is 1. The van der Waals surface area contributed by atoms with E-state index in [1.54, 1.807) is 32.3 Å². The van der Waals surface area contributed by atoms with Gasteiger partial charge in [-0.1, -0.05) is 6.92 Å². The number of nitrogens with zero attached hydrogens (tertiary/aromatic N) is 2. The molecule has 6 nitrogen and oxygen atoms in total. The molecule has 0 aliphatic rings. The number of carbonyl (C=O) groups is 1. The molecule has 0 radical (unpaired) electrons. The summed E-state index contributed by atoms with van der Waals surface area (Å²) in [7, 11) is 3.68. The zero-order chi connectivity index (χ0) is 20.2. The van der Waals surface area contributed by atoms with Crippen molar-refractivity contribution in [1.29, 1.82) is 0 Å². The lowest BCUT2D eigenvalue weighted by Gasteiger charge is -2.26. The molecule has 1 aromatic carbocycles. The third-order valence-corrected chi connectivity index (χ3v) is 4.05. The lowest BCUT2D eigenvalue weighted by molar-refractivity contribution is -0.115. The Morgan fingerprint density at radius 3 is 2.52 bits per heavy atom. The van der Waals surface area contributed by atoms with Gasteiger partial charge >= 0.3 is 0 Å². The van der Waals surface area contributed by atoms with Crippen LogP contribution in [0.25, 0.3) is 0 Å². The van der Waals surface area contributed by atoms with E-state index in [0.29, 0.717) is 5.71 Å². The predicted molar refractivity (Wildman–Crippen MR) is 110 cm³/mol. The molecule has 27 heavy (non-hydrogen) atoms. The van der Waals surface area contributed by atoms with Crippen LogP contribution in [0.1, 0.15) is 33.6 Å². The van der Waals surface area contributed by atoms with Crippen LogP contribution in [0.15, 0.2) is 41.3 Å². The van der Waals surface area contributed by atoms with Gasteiger partial charge in [-0.05, 0) is 64.5 Å². The lowest BCUT2D eigenvalue weighted by Crippen LogP contribution is -2.38. The van der Waals surface area contributed by atoms with Crippen molar-refractivity contribution in [1.82, 2.24) is 16.0 Å². The molecule has 0 saturated heterocycles. The first-order valence-electron chi connectivity index (χ1n) is 9.33. The molecule has 1 rings (SSSR count). The molecule has 0 heterocycles. The largest absolute Gasteiger partial charge is 0.373 e. The minimum Gasteiger partial charge on any atom is -0.373 e. The van der Waals surface area contributed by atoms with Crippen LogP contribution in [0.3, 0.4) is 0 Å². The predicted octanol–water partition coefficient (Wildman–Crippen LogP) is 2.64. The van der Waals surface area contributed by atoms with E-state index in [4.69, 9.17) is 0 Å². The van der Waals surface area contributed by atoms with Crippen molar-refractivity contribution < 1.29 is 9.18 Å². The fraction of sp³-hybridized carbons (Fsp3) is 0.500. The Kier molecular flexibility index (Phi) is 10.1. The number of carbonyl (C=O) groups excluding carboxylic acids is 1. The number of rotatable bonds is 11. The summed E-state index contributed by atoms with van der Waals surface area (Å²) in [5.41, 5.74) is 1.24. The Bertz CT molecular complexity index is 642. The van der Waals surface area contributed by atoms with E-state index in [1.165, 1.54) is 12.1 Å². The summed E-state index contributed by atoms with van der Waals surface area (Å²) in [6.45, 7) is 7.30. The van der Waals surface area contributed by atoms with Crippen LogP contribution in [-0.4, -0.2) is 44.8 Å². The molecule has 0 aliphatic carbocycles. The first-order chi connectivity index (χ1) is 12.9. The summed E-state index contributed by atoms with van der Waals surface area (Å²) in [6, 6.07) is 6.38. The van der Waals surface area contributed by atoms with E-state index in [1.807, 2.05) is 18.9 Å². The molecular weight excluding hydrogens is 345 g/mol. The van der Waals surface area contributed by atoms with Crippen molar-refractivity contribution >= 4 is 17.3 Å². The quantitative estimate of drug-likeness (QED) is 0.519. The molecule has 3 N–H and O–H groups in total. The van der Waals surface area contributed by atoms with Crippen molar-refractivity contribution in [2.75, 3.05) is 32.1 Å². The Hall–Kier alpha value is -2.41. The molecule has 0 saturated carbocycles. The molecule has 1 unspecified atom stereocenters. The fourth-order valence-corrected chi connectivity index (χ4v) is 2.48. The monoisotopic (exact) mass is 377 g/mol. The number of halogens is 1. The summed E-state index contributed by atoms with van der Waals surface area (Å²) in [4.78, 5) is 18.6. The molecule has 150 valence electrons. The second kappa shape index (κ2) is 12.1. The highest BCUT2D eigenvalue weighted by atomic mass is 19.1. The van der Waals surface area contributed by atoms with E-state index in [0.717, 1.165) is 37.4 Å². The Morgan fingerprint density at radius 1 is 1.30 bits per heavy atom. The van der Waals surface area contributed by atoms with Gasteiger partial charge in [0.25, 0.3) is 5.91 Å². The van der Waals surface area contributed by atoms with Crippen LogP contribution < -0.4 is 20.9 Å². The van der Waals surface area contributed by atoms with Crippen LogP contribution in [0.4, 0.5) is 10.1 Å². The fourth-order valence-electron chi connectivity index (χ4n) is 2.48. The van der Waals surface area contributed by atoms with Crippen LogP contribution in [0.2, 0.25) is 0 Å². The molecule has 1 amide bonds. The highest BCUT2D eigenvalue weighted by molar-refractivity contribution is 6.38. The van der Waals surface area contributed by atoms with Crippen LogP contribution in [0.5, 0.6) is 0 Å². The van der Waals surface area contributed by atoms with Gasteiger partial charge in [-0.3, -0.25) is 9.79 Å². The molecule has 7 heteroatoms. The van der Waals surface area contributed by atoms with Gasteiger partial charge in [-0.2, -0.15) is 0 Å². The van der Waals surface area contributed by atoms with Gasteiger partial charge in [0.1, 0.15) is 17.3 Å². The van der Waals surface area contributed by atoms with Crippen LogP contribution in [0, 0.1) is 5.82 Å². The van der Waals surface area contributed by atoms with Crippen LogP contribution >= 0.6 is 0 Å². The minimum atomic E-state index is -0.275. The maximum absolute atomic E-state index is 13.2. The zero-order valence-corrected chi connectivity index (χ0v) is 17.0. The third-order valence-electron chi connectivity index (χ3n) is 4.05. The Balaban J connectivity index is 2.92. The number of anilines is 1. The first kappa shape index (κ1) is 22.6. The molecule has 0 fully saturated rings. The maximum Gasteiger partial charge on any atom is 0.265 e. The standard InChI is InChI=1S/C20H32FN5O/c1-6-13-26(18-9-7-17(21)8-10-18)19(23-5)14-24-16(3)20(27)25-15(2)11-12-22-4/h7-10,14-15,22-23H,6,11-13H2,1-5H3,(H,25,27)/b19-14-,24-16?. The molecule has 1 aromatic rings. The van der Waals surface area contributed by atoms with E-state index in [2.05, 4.69) is 27.9 Å². The SMILES string of the molecule is CCCN(/C(=C\N=C(C)C(=O)NC(C)CCNC)NC)c1ccc(F)cc1. The summed E-state index contributed by atoms with van der Waals surface area (Å²) < 4.78 is 13.2. The van der Waals surface area contributed by atoms with Crippen molar-refractivity contribution in [3.05, 3.63) is 42.1 Å². The molecule has 0 aliphatic heterocycles. The van der Waals surface area contributed by atoms with Gasteiger partial charge in [0.2, 0.25) is 0 Å². The summed E-state index contributed by atoms with van der Waals surface area (Å²) >= 11 is 0. The molecular formula is C20H32FN5O. The van der Waals surface area contributed by atoms with E-state index >= 15 is 0 Å². The average molecular weight is 378 g/mol. The van der Waals surface area contributed by atoms with Gasteiger partial charge < -0.3 is 20.9 Å². The Morgan fingerprint density at radius 2 is 1.96 bits per heavy atom. The first-order valence-corrected chi connectivity index (χ1v) is 9.33. The maximum atomic E-state index is 13.2. The van der Waals surface area contributed by atoms with Gasteiger partial charge in [-0.25, -0.2) is 4.39 Å². The van der Waals surface area contributed by atoms with Gasteiger partial charge in [0, 0.05) is 25.3 Å². The molecule has 1 atom stereocenters. The molecule has 0 bridgehead atoms. The number of hydrogen-bond donors (Lipinski definition) is 3. The lowest BCUT2D eigenvalue weighted by atomic mass is 10.2. The number of nitrogens with one attached hydrogen (secondary N) is 3.